The Balaban J connectivity index is 1.34. The smallest absolute Gasteiger partial charge is 0.493 e. The first-order valence-electron chi connectivity index (χ1n) is 15.6. The number of unbranched alkanes of at least 4 members (excludes halogenated alkanes) is 9. The third-order valence-electron chi connectivity index (χ3n) is 7.31. The summed E-state index contributed by atoms with van der Waals surface area (Å²) in [4.78, 5) is 12.4. The number of hydrogen-bond acceptors (Lipinski definition) is 8. The van der Waals surface area contributed by atoms with Gasteiger partial charge in [0.25, 0.3) is 0 Å². The fourth-order valence-corrected chi connectivity index (χ4v) is 6.19. The van der Waals surface area contributed by atoms with Crippen molar-refractivity contribution >= 4 is 19.6 Å². The standard InChI is InChI=1S/C33H50NO7PS/c1-4-5-6-7-8-9-10-11-12-13-22-38-32-15-14-16-33(28(32)2)39-25-31(37-3)26-40-42(35,36)41-30-19-17-29(18-20-30)24-34-21-23-43-27-34/h14-21,23,31H,4-13,22,24-27H2,1-3H3,(H,35,36). The Morgan fingerprint density at radius 2 is 1.56 bits per heavy atom. The molecule has 43 heavy (non-hydrogen) atoms. The van der Waals surface area contributed by atoms with Crippen LogP contribution in [0.25, 0.3) is 0 Å². The van der Waals surface area contributed by atoms with Crippen LogP contribution in [0.1, 0.15) is 82.3 Å². The van der Waals surface area contributed by atoms with Crippen LogP contribution in [0.3, 0.4) is 0 Å². The molecular formula is C33H50NO7PS. The van der Waals surface area contributed by atoms with Gasteiger partial charge in [0.2, 0.25) is 0 Å². The van der Waals surface area contributed by atoms with Crippen LogP contribution < -0.4 is 14.0 Å². The first-order chi connectivity index (χ1) is 20.9. The Morgan fingerprint density at radius 1 is 0.907 bits per heavy atom. The fourth-order valence-electron chi connectivity index (χ4n) is 4.68. The summed E-state index contributed by atoms with van der Waals surface area (Å²) in [5.74, 6) is 2.65. The first-order valence-corrected chi connectivity index (χ1v) is 18.1. The lowest BCUT2D eigenvalue weighted by Gasteiger charge is -2.20. The molecule has 0 bridgehead atoms. The Morgan fingerprint density at radius 3 is 2.19 bits per heavy atom. The zero-order valence-electron chi connectivity index (χ0n) is 26.1. The summed E-state index contributed by atoms with van der Waals surface area (Å²) in [5, 5.41) is 2.06. The summed E-state index contributed by atoms with van der Waals surface area (Å²) in [6, 6.07) is 12.8. The van der Waals surface area contributed by atoms with E-state index < -0.39 is 13.9 Å². The van der Waals surface area contributed by atoms with E-state index in [0.717, 1.165) is 35.7 Å². The van der Waals surface area contributed by atoms with Gasteiger partial charge in [0.15, 0.2) is 0 Å². The average molecular weight is 636 g/mol. The largest absolute Gasteiger partial charge is 0.527 e. The van der Waals surface area contributed by atoms with E-state index in [0.29, 0.717) is 12.4 Å². The number of phosphoric ester groups is 1. The van der Waals surface area contributed by atoms with E-state index in [2.05, 4.69) is 17.2 Å². The van der Waals surface area contributed by atoms with E-state index in [-0.39, 0.29) is 19.0 Å². The van der Waals surface area contributed by atoms with Crippen molar-refractivity contribution in [2.45, 2.75) is 90.7 Å². The normalized spacial score (nSPS) is 14.9. The van der Waals surface area contributed by atoms with Crippen LogP contribution in [0, 0.1) is 6.92 Å². The van der Waals surface area contributed by atoms with Gasteiger partial charge in [0.05, 0.1) is 19.1 Å². The molecule has 1 aliphatic heterocycles. The summed E-state index contributed by atoms with van der Waals surface area (Å²) in [6.45, 7) is 5.63. The number of thioether (sulfide) groups is 1. The van der Waals surface area contributed by atoms with Crippen LogP contribution >= 0.6 is 19.6 Å². The molecule has 240 valence electrons. The van der Waals surface area contributed by atoms with Crippen molar-refractivity contribution in [3.63, 3.8) is 0 Å². The molecule has 2 aromatic carbocycles. The molecule has 1 N–H and O–H groups in total. The second-order valence-electron chi connectivity index (χ2n) is 10.9. The highest BCUT2D eigenvalue weighted by atomic mass is 32.2. The van der Waals surface area contributed by atoms with Gasteiger partial charge < -0.3 is 23.6 Å². The van der Waals surface area contributed by atoms with Crippen molar-refractivity contribution in [1.29, 1.82) is 0 Å². The molecular weight excluding hydrogens is 585 g/mol. The third-order valence-corrected chi connectivity index (χ3v) is 9.02. The number of hydrogen-bond donors (Lipinski definition) is 1. The van der Waals surface area contributed by atoms with Crippen molar-refractivity contribution in [3.8, 4) is 17.2 Å². The molecule has 2 atom stereocenters. The van der Waals surface area contributed by atoms with Gasteiger partial charge in [-0.2, -0.15) is 0 Å². The van der Waals surface area contributed by atoms with Crippen molar-refractivity contribution in [3.05, 3.63) is 65.2 Å². The summed E-state index contributed by atoms with van der Waals surface area (Å²) in [7, 11) is -2.84. The molecule has 0 spiro atoms. The molecule has 1 heterocycles. The number of phosphoric acid groups is 1. The second kappa shape index (κ2) is 20.0. The van der Waals surface area contributed by atoms with Gasteiger partial charge in [-0.25, -0.2) is 4.57 Å². The van der Waals surface area contributed by atoms with Gasteiger partial charge in [-0.1, -0.05) is 82.9 Å². The Hall–Kier alpha value is -2.16. The van der Waals surface area contributed by atoms with E-state index in [1.54, 1.807) is 23.9 Å². The molecule has 0 radical (unpaired) electrons. The maximum Gasteiger partial charge on any atom is 0.527 e. The predicted octanol–water partition coefficient (Wildman–Crippen LogP) is 8.86. The first kappa shape index (κ1) is 35.3. The van der Waals surface area contributed by atoms with E-state index >= 15 is 0 Å². The van der Waals surface area contributed by atoms with Crippen molar-refractivity contribution in [1.82, 2.24) is 4.90 Å². The summed E-state index contributed by atoms with van der Waals surface area (Å²) < 4.78 is 40.5. The summed E-state index contributed by atoms with van der Waals surface area (Å²) in [5.41, 5.74) is 1.98. The van der Waals surface area contributed by atoms with Crippen LogP contribution in [0.4, 0.5) is 0 Å². The number of rotatable bonds is 23. The lowest BCUT2D eigenvalue weighted by Crippen LogP contribution is -2.26. The predicted molar refractivity (Wildman–Crippen MR) is 175 cm³/mol. The van der Waals surface area contributed by atoms with Gasteiger partial charge in [0, 0.05) is 25.4 Å². The maximum atomic E-state index is 12.6. The van der Waals surface area contributed by atoms with Gasteiger partial charge >= 0.3 is 7.82 Å². The van der Waals surface area contributed by atoms with Crippen LogP contribution in [0.2, 0.25) is 0 Å². The molecule has 0 saturated carbocycles. The minimum absolute atomic E-state index is 0.136. The molecule has 0 fully saturated rings. The average Bonchev–Trinajstić information content (AvgIpc) is 3.51. The molecule has 0 aromatic heterocycles. The molecule has 0 aliphatic carbocycles. The highest BCUT2D eigenvalue weighted by Gasteiger charge is 2.25. The van der Waals surface area contributed by atoms with Gasteiger partial charge in [0.1, 0.15) is 30.0 Å². The number of methoxy groups -OCH3 is 1. The van der Waals surface area contributed by atoms with Crippen molar-refractivity contribution < 1.29 is 32.7 Å². The van der Waals surface area contributed by atoms with Gasteiger partial charge in [-0.05, 0) is 48.6 Å². The third kappa shape index (κ3) is 14.0. The van der Waals surface area contributed by atoms with Crippen LogP contribution in [0.5, 0.6) is 17.2 Å². The van der Waals surface area contributed by atoms with E-state index in [4.69, 9.17) is 23.3 Å². The number of nitrogens with zero attached hydrogens (tertiary/aromatic N) is 1. The number of benzene rings is 2. The van der Waals surface area contributed by atoms with E-state index in [1.807, 2.05) is 43.5 Å². The number of ether oxygens (including phenoxy) is 3. The highest BCUT2D eigenvalue weighted by molar-refractivity contribution is 8.02. The molecule has 1 aliphatic rings. The molecule has 8 nitrogen and oxygen atoms in total. The topological polar surface area (TPSA) is 86.7 Å². The van der Waals surface area contributed by atoms with E-state index in [1.165, 1.54) is 64.9 Å². The second-order valence-corrected chi connectivity index (χ2v) is 13.1. The maximum absolute atomic E-state index is 12.6. The highest BCUT2D eigenvalue weighted by Crippen LogP contribution is 2.44. The molecule has 2 unspecified atom stereocenters. The van der Waals surface area contributed by atoms with Crippen LogP contribution in [-0.4, -0.2) is 48.7 Å². The molecule has 3 rings (SSSR count). The Labute approximate surface area is 262 Å². The Bertz CT molecular complexity index is 1130. The zero-order chi connectivity index (χ0) is 30.8. The molecule has 0 saturated heterocycles. The SMILES string of the molecule is CCCCCCCCCCCCOc1cccc(OCC(COP(=O)(O)Oc2ccc(CN3C=CSC3)cc2)OC)c1C. The zero-order valence-corrected chi connectivity index (χ0v) is 27.8. The Kier molecular flexibility index (Phi) is 16.4. The monoisotopic (exact) mass is 635 g/mol. The minimum Gasteiger partial charge on any atom is -0.493 e. The summed E-state index contributed by atoms with van der Waals surface area (Å²) >= 11 is 1.74. The minimum atomic E-state index is -4.35. The van der Waals surface area contributed by atoms with Gasteiger partial charge in [-0.3, -0.25) is 9.42 Å². The van der Waals surface area contributed by atoms with Crippen molar-refractivity contribution in [2.75, 3.05) is 32.8 Å². The fraction of sp³-hybridized carbons (Fsp3) is 0.576. The van der Waals surface area contributed by atoms with Gasteiger partial charge in [-0.15, -0.1) is 11.8 Å². The summed E-state index contributed by atoms with van der Waals surface area (Å²) in [6.07, 6.45) is 14.4. The molecule has 0 amide bonds. The lowest BCUT2D eigenvalue weighted by atomic mass is 10.1. The van der Waals surface area contributed by atoms with E-state index in [9.17, 15) is 9.46 Å². The molecule has 10 heteroatoms. The molecule has 2 aromatic rings. The van der Waals surface area contributed by atoms with Crippen LogP contribution in [-0.2, 0) is 20.4 Å². The van der Waals surface area contributed by atoms with Crippen LogP contribution in [0.15, 0.2) is 54.1 Å². The van der Waals surface area contributed by atoms with Crippen molar-refractivity contribution in [2.24, 2.45) is 0 Å². The quantitative estimate of drug-likeness (QED) is 0.0950. The lowest BCUT2D eigenvalue weighted by molar-refractivity contribution is 0.0159.